The second-order valence-corrected chi connectivity index (χ2v) is 6.90. The van der Waals surface area contributed by atoms with Gasteiger partial charge in [0.2, 0.25) is 10.0 Å². The maximum Gasteiger partial charge on any atom is 0.268 e. The van der Waals surface area contributed by atoms with Gasteiger partial charge in [0.15, 0.2) is 0 Å². The minimum Gasteiger partial charge on any atom is -0.345 e. The van der Waals surface area contributed by atoms with Gasteiger partial charge < -0.3 is 9.88 Å². The van der Waals surface area contributed by atoms with E-state index in [9.17, 15) is 13.2 Å². The zero-order valence-corrected chi connectivity index (χ0v) is 12.7. The lowest BCUT2D eigenvalue weighted by atomic mass is 9.75. The molecule has 0 spiro atoms. The molecule has 1 heterocycles. The molecule has 6 nitrogen and oxygen atoms in total. The van der Waals surface area contributed by atoms with Gasteiger partial charge in [-0.2, -0.15) is 0 Å². The molecule has 0 saturated heterocycles. The summed E-state index contributed by atoms with van der Waals surface area (Å²) in [6.45, 7) is 4.41. The normalized spacial score (nSPS) is 17.6. The van der Waals surface area contributed by atoms with E-state index in [1.807, 2.05) is 13.8 Å². The Morgan fingerprint density at radius 3 is 2.50 bits per heavy atom. The standard InChI is InChI=1S/C13H21N3O3S/c1-3-13(6-5-7-13)15-12(17)11-8-10(20(14,18)19)9-16(11)4-2/h8-9H,3-7H2,1-2H3,(H,15,17)(H2,14,18,19). The van der Waals surface area contributed by atoms with Gasteiger partial charge in [0.1, 0.15) is 10.6 Å². The number of carbonyl (C=O) groups is 1. The third kappa shape index (κ3) is 2.73. The van der Waals surface area contributed by atoms with Crippen LogP contribution < -0.4 is 10.5 Å². The predicted octanol–water partition coefficient (Wildman–Crippen LogP) is 1.22. The van der Waals surface area contributed by atoms with Gasteiger partial charge >= 0.3 is 0 Å². The first-order valence-corrected chi connectivity index (χ1v) is 8.41. The minimum atomic E-state index is -3.79. The molecule has 0 radical (unpaired) electrons. The monoisotopic (exact) mass is 299 g/mol. The lowest BCUT2D eigenvalue weighted by molar-refractivity contribution is 0.0811. The molecule has 3 N–H and O–H groups in total. The van der Waals surface area contributed by atoms with E-state index in [1.165, 1.54) is 12.3 Å². The van der Waals surface area contributed by atoms with Crippen LogP contribution in [0.25, 0.3) is 0 Å². The fourth-order valence-electron chi connectivity index (χ4n) is 2.57. The molecule has 0 aromatic carbocycles. The predicted molar refractivity (Wildman–Crippen MR) is 75.8 cm³/mol. The molecule has 1 amide bonds. The average Bonchev–Trinajstić information content (AvgIpc) is 2.77. The molecule has 7 heteroatoms. The second-order valence-electron chi connectivity index (χ2n) is 5.33. The van der Waals surface area contributed by atoms with Gasteiger partial charge in [-0.05, 0) is 38.7 Å². The van der Waals surface area contributed by atoms with E-state index in [0.717, 1.165) is 25.7 Å². The van der Waals surface area contributed by atoms with Crippen LogP contribution in [0.3, 0.4) is 0 Å². The summed E-state index contributed by atoms with van der Waals surface area (Å²) >= 11 is 0. The minimum absolute atomic E-state index is 0.0244. The molecule has 0 atom stereocenters. The van der Waals surface area contributed by atoms with Crippen molar-refractivity contribution in [1.29, 1.82) is 0 Å². The summed E-state index contributed by atoms with van der Waals surface area (Å²) < 4.78 is 24.4. The summed E-state index contributed by atoms with van der Waals surface area (Å²) in [6.07, 6.45) is 5.36. The van der Waals surface area contributed by atoms with Gasteiger partial charge in [-0.15, -0.1) is 0 Å². The third-order valence-electron chi connectivity index (χ3n) is 4.14. The van der Waals surface area contributed by atoms with Crippen molar-refractivity contribution in [3.05, 3.63) is 18.0 Å². The van der Waals surface area contributed by atoms with Crippen LogP contribution in [0.4, 0.5) is 0 Å². The van der Waals surface area contributed by atoms with Crippen LogP contribution in [0.15, 0.2) is 17.2 Å². The molecule has 1 fully saturated rings. The molecule has 1 saturated carbocycles. The maximum atomic E-state index is 12.4. The summed E-state index contributed by atoms with van der Waals surface area (Å²) in [5, 5.41) is 8.15. The highest BCUT2D eigenvalue weighted by Crippen LogP contribution is 2.34. The topological polar surface area (TPSA) is 94.2 Å². The van der Waals surface area contributed by atoms with E-state index >= 15 is 0 Å². The van der Waals surface area contributed by atoms with Crippen LogP contribution >= 0.6 is 0 Å². The molecule has 2 rings (SSSR count). The van der Waals surface area contributed by atoms with Gasteiger partial charge in [0.25, 0.3) is 5.91 Å². The van der Waals surface area contributed by atoms with Crippen LogP contribution in [0.5, 0.6) is 0 Å². The number of nitrogens with zero attached hydrogens (tertiary/aromatic N) is 1. The molecule has 1 aliphatic rings. The smallest absolute Gasteiger partial charge is 0.268 e. The van der Waals surface area contributed by atoms with E-state index < -0.39 is 10.0 Å². The van der Waals surface area contributed by atoms with Crippen LogP contribution in [0.1, 0.15) is 50.0 Å². The molecule has 1 aromatic heterocycles. The number of carbonyl (C=O) groups excluding carboxylic acids is 1. The lowest BCUT2D eigenvalue weighted by Crippen LogP contribution is -2.53. The number of nitrogens with one attached hydrogen (secondary N) is 1. The van der Waals surface area contributed by atoms with Gasteiger partial charge in [-0.1, -0.05) is 6.92 Å². The van der Waals surface area contributed by atoms with E-state index in [0.29, 0.717) is 12.2 Å². The Morgan fingerprint density at radius 2 is 2.10 bits per heavy atom. The highest BCUT2D eigenvalue weighted by Gasteiger charge is 2.37. The van der Waals surface area contributed by atoms with Crippen LogP contribution in [0, 0.1) is 0 Å². The summed E-state index contributed by atoms with van der Waals surface area (Å²) in [5.41, 5.74) is 0.220. The number of hydrogen-bond acceptors (Lipinski definition) is 3. The largest absolute Gasteiger partial charge is 0.345 e. The summed E-state index contributed by atoms with van der Waals surface area (Å²) in [6, 6.07) is 1.34. The third-order valence-corrected chi connectivity index (χ3v) is 5.02. The lowest BCUT2D eigenvalue weighted by Gasteiger charge is -2.42. The SMILES string of the molecule is CCn1cc(S(N)(=O)=O)cc1C(=O)NC1(CC)CCC1. The Labute approximate surface area is 119 Å². The van der Waals surface area contributed by atoms with Crippen molar-refractivity contribution in [3.63, 3.8) is 0 Å². The summed E-state index contributed by atoms with van der Waals surface area (Å²) in [4.78, 5) is 12.3. The fourth-order valence-corrected chi connectivity index (χ4v) is 3.12. The molecule has 112 valence electrons. The van der Waals surface area contributed by atoms with Gasteiger partial charge in [-0.25, -0.2) is 13.6 Å². The van der Waals surface area contributed by atoms with E-state index in [-0.39, 0.29) is 16.3 Å². The molecule has 1 aliphatic carbocycles. The maximum absolute atomic E-state index is 12.4. The van der Waals surface area contributed by atoms with Crippen molar-refractivity contribution >= 4 is 15.9 Å². The molecule has 0 unspecified atom stereocenters. The Kier molecular flexibility index (Phi) is 3.93. The fraction of sp³-hybridized carbons (Fsp3) is 0.615. The number of amides is 1. The Balaban J connectivity index is 2.27. The number of primary sulfonamides is 1. The highest BCUT2D eigenvalue weighted by atomic mass is 32.2. The Morgan fingerprint density at radius 1 is 1.45 bits per heavy atom. The van der Waals surface area contributed by atoms with Crippen molar-refractivity contribution in [2.24, 2.45) is 5.14 Å². The first-order valence-electron chi connectivity index (χ1n) is 6.87. The van der Waals surface area contributed by atoms with Crippen molar-refractivity contribution in [3.8, 4) is 0 Å². The second kappa shape index (κ2) is 5.21. The van der Waals surface area contributed by atoms with Crippen LogP contribution in [-0.4, -0.2) is 24.4 Å². The number of nitrogens with two attached hydrogens (primary N) is 1. The molecule has 0 bridgehead atoms. The first kappa shape index (κ1) is 15.1. The molecule has 0 aliphatic heterocycles. The van der Waals surface area contributed by atoms with Crippen LogP contribution in [0.2, 0.25) is 0 Å². The van der Waals surface area contributed by atoms with Crippen molar-refractivity contribution < 1.29 is 13.2 Å². The quantitative estimate of drug-likeness (QED) is 0.856. The van der Waals surface area contributed by atoms with E-state index in [1.54, 1.807) is 4.57 Å². The zero-order chi connectivity index (χ0) is 15.0. The van der Waals surface area contributed by atoms with Crippen LogP contribution in [-0.2, 0) is 16.6 Å². The highest BCUT2D eigenvalue weighted by molar-refractivity contribution is 7.89. The zero-order valence-electron chi connectivity index (χ0n) is 11.8. The molecular weight excluding hydrogens is 278 g/mol. The Hall–Kier alpha value is -1.34. The van der Waals surface area contributed by atoms with Crippen molar-refractivity contribution in [2.75, 3.05) is 0 Å². The number of hydrogen-bond donors (Lipinski definition) is 2. The summed E-state index contributed by atoms with van der Waals surface area (Å²) in [5.74, 6) is -0.233. The number of rotatable bonds is 5. The van der Waals surface area contributed by atoms with Gasteiger partial charge in [-0.3, -0.25) is 4.79 Å². The summed E-state index contributed by atoms with van der Waals surface area (Å²) in [7, 11) is -3.79. The van der Waals surface area contributed by atoms with Crippen molar-refractivity contribution in [1.82, 2.24) is 9.88 Å². The number of aromatic nitrogens is 1. The first-order chi connectivity index (χ1) is 9.31. The number of aryl methyl sites for hydroxylation is 1. The molecule has 20 heavy (non-hydrogen) atoms. The average molecular weight is 299 g/mol. The number of sulfonamides is 1. The van der Waals surface area contributed by atoms with Gasteiger partial charge in [0.05, 0.1) is 0 Å². The molecular formula is C13H21N3O3S. The van der Waals surface area contributed by atoms with E-state index in [2.05, 4.69) is 5.32 Å². The Bertz CT molecular complexity index is 609. The van der Waals surface area contributed by atoms with E-state index in [4.69, 9.17) is 5.14 Å². The van der Waals surface area contributed by atoms with Gasteiger partial charge in [0, 0.05) is 18.3 Å². The van der Waals surface area contributed by atoms with Crippen molar-refractivity contribution in [2.45, 2.75) is 56.5 Å². The molecule has 1 aromatic rings.